The molecule has 1 amide bonds. The standard InChI is InChI=1S/C28H28F3NO4/c1-4-19-15-24(11-8-20(19)9-13-26(33)34)36-23-7-5-6-21(16-23)18(3)32-27(35)25-12-10-22(14-17(25)2)28(29,30)31/h5-8,10-12,14-16,18H,4,9,13H2,1-3H3,(H,32,35)(H,33,34). The van der Waals surface area contributed by atoms with Crippen LogP contribution in [0.4, 0.5) is 13.2 Å². The van der Waals surface area contributed by atoms with Crippen molar-refractivity contribution in [2.45, 2.75) is 52.3 Å². The zero-order valence-corrected chi connectivity index (χ0v) is 20.3. The predicted octanol–water partition coefficient (Wildman–Crippen LogP) is 6.88. The van der Waals surface area contributed by atoms with Crippen LogP contribution in [0.2, 0.25) is 0 Å². The average molecular weight is 500 g/mol. The van der Waals surface area contributed by atoms with Crippen LogP contribution in [0.25, 0.3) is 0 Å². The first-order valence-corrected chi connectivity index (χ1v) is 11.6. The van der Waals surface area contributed by atoms with Gasteiger partial charge in [-0.05, 0) is 91.4 Å². The molecule has 5 nitrogen and oxygen atoms in total. The number of amides is 1. The largest absolute Gasteiger partial charge is 0.481 e. The third-order valence-electron chi connectivity index (χ3n) is 5.91. The van der Waals surface area contributed by atoms with Crippen molar-refractivity contribution in [2.75, 3.05) is 0 Å². The first-order valence-electron chi connectivity index (χ1n) is 11.6. The maximum absolute atomic E-state index is 12.9. The number of benzene rings is 3. The molecule has 8 heteroatoms. The Bertz CT molecular complexity index is 1250. The van der Waals surface area contributed by atoms with Crippen LogP contribution in [0.1, 0.15) is 64.5 Å². The van der Waals surface area contributed by atoms with Crippen molar-refractivity contribution < 1.29 is 32.6 Å². The predicted molar refractivity (Wildman–Crippen MR) is 130 cm³/mol. The van der Waals surface area contributed by atoms with E-state index in [0.29, 0.717) is 17.9 Å². The Kier molecular flexibility index (Phi) is 8.40. The highest BCUT2D eigenvalue weighted by Gasteiger charge is 2.31. The second-order valence-corrected chi connectivity index (χ2v) is 8.57. The van der Waals surface area contributed by atoms with Gasteiger partial charge in [-0.25, -0.2) is 0 Å². The number of alkyl halides is 3. The summed E-state index contributed by atoms with van der Waals surface area (Å²) in [4.78, 5) is 23.6. The number of halogens is 3. The number of aliphatic carboxylic acids is 1. The molecule has 0 radical (unpaired) electrons. The first-order chi connectivity index (χ1) is 17.0. The summed E-state index contributed by atoms with van der Waals surface area (Å²) >= 11 is 0. The fraction of sp³-hybridized carbons (Fsp3) is 0.286. The number of carbonyl (C=O) groups excluding carboxylic acids is 1. The third-order valence-corrected chi connectivity index (χ3v) is 5.91. The highest BCUT2D eigenvalue weighted by molar-refractivity contribution is 5.96. The van der Waals surface area contributed by atoms with Crippen LogP contribution < -0.4 is 10.1 Å². The molecule has 0 aromatic heterocycles. The summed E-state index contributed by atoms with van der Waals surface area (Å²) < 4.78 is 44.8. The molecule has 1 unspecified atom stereocenters. The maximum atomic E-state index is 12.9. The van der Waals surface area contributed by atoms with Gasteiger partial charge in [-0.15, -0.1) is 0 Å². The summed E-state index contributed by atoms with van der Waals surface area (Å²) in [5.41, 5.74) is 2.37. The van der Waals surface area contributed by atoms with Crippen LogP contribution >= 0.6 is 0 Å². The molecule has 0 aliphatic heterocycles. The number of nitrogens with one attached hydrogen (secondary N) is 1. The van der Waals surface area contributed by atoms with Gasteiger partial charge in [-0.3, -0.25) is 9.59 Å². The Morgan fingerprint density at radius 3 is 2.36 bits per heavy atom. The minimum absolute atomic E-state index is 0.0604. The van der Waals surface area contributed by atoms with E-state index in [1.54, 1.807) is 31.2 Å². The lowest BCUT2D eigenvalue weighted by Crippen LogP contribution is -2.27. The quantitative estimate of drug-likeness (QED) is 0.337. The minimum atomic E-state index is -4.47. The van der Waals surface area contributed by atoms with Gasteiger partial charge < -0.3 is 15.2 Å². The molecule has 0 aliphatic carbocycles. The molecule has 2 N–H and O–H groups in total. The number of hydrogen-bond donors (Lipinski definition) is 2. The normalized spacial score (nSPS) is 12.2. The lowest BCUT2D eigenvalue weighted by Gasteiger charge is -2.17. The van der Waals surface area contributed by atoms with Gasteiger partial charge in [0, 0.05) is 12.0 Å². The van der Waals surface area contributed by atoms with Gasteiger partial charge in [-0.1, -0.05) is 25.1 Å². The highest BCUT2D eigenvalue weighted by Crippen LogP contribution is 2.31. The smallest absolute Gasteiger partial charge is 0.416 e. The second kappa shape index (κ2) is 11.3. The molecule has 0 saturated heterocycles. The molecular weight excluding hydrogens is 471 g/mol. The van der Waals surface area contributed by atoms with E-state index in [9.17, 15) is 22.8 Å². The van der Waals surface area contributed by atoms with Crippen LogP contribution in [-0.4, -0.2) is 17.0 Å². The summed E-state index contributed by atoms with van der Waals surface area (Å²) in [5.74, 6) is -0.145. The fourth-order valence-electron chi connectivity index (χ4n) is 3.92. The Morgan fingerprint density at radius 2 is 1.72 bits per heavy atom. The number of hydrogen-bond acceptors (Lipinski definition) is 3. The van der Waals surface area contributed by atoms with E-state index in [4.69, 9.17) is 9.84 Å². The molecule has 0 saturated carbocycles. The summed E-state index contributed by atoms with van der Waals surface area (Å²) in [6.07, 6.45) is -3.22. The molecule has 3 aromatic rings. The number of carbonyl (C=O) groups is 2. The molecule has 190 valence electrons. The van der Waals surface area contributed by atoms with Gasteiger partial charge in [-0.2, -0.15) is 13.2 Å². The van der Waals surface area contributed by atoms with Crippen molar-refractivity contribution >= 4 is 11.9 Å². The van der Waals surface area contributed by atoms with E-state index >= 15 is 0 Å². The Hall–Kier alpha value is -3.81. The van der Waals surface area contributed by atoms with Gasteiger partial charge in [0.25, 0.3) is 5.91 Å². The van der Waals surface area contributed by atoms with Crippen molar-refractivity contribution in [1.82, 2.24) is 5.32 Å². The van der Waals surface area contributed by atoms with E-state index in [0.717, 1.165) is 35.2 Å². The summed E-state index contributed by atoms with van der Waals surface area (Å²) in [5, 5.41) is 11.8. The number of carboxylic acids is 1. The Labute approximate surface area is 207 Å². The molecule has 0 bridgehead atoms. The number of carboxylic acid groups (broad SMARTS) is 1. The summed E-state index contributed by atoms with van der Waals surface area (Å²) in [6, 6.07) is 15.4. The van der Waals surface area contributed by atoms with Crippen LogP contribution in [0, 0.1) is 6.92 Å². The molecular formula is C28H28F3NO4. The lowest BCUT2D eigenvalue weighted by atomic mass is 10.0. The summed E-state index contributed by atoms with van der Waals surface area (Å²) in [7, 11) is 0. The van der Waals surface area contributed by atoms with Crippen LogP contribution in [-0.2, 0) is 23.8 Å². The highest BCUT2D eigenvalue weighted by atomic mass is 19.4. The molecule has 36 heavy (non-hydrogen) atoms. The average Bonchev–Trinajstić information content (AvgIpc) is 2.82. The lowest BCUT2D eigenvalue weighted by molar-refractivity contribution is -0.138. The van der Waals surface area contributed by atoms with Gasteiger partial charge in [0.05, 0.1) is 11.6 Å². The molecule has 3 rings (SSSR count). The third kappa shape index (κ3) is 6.87. The van der Waals surface area contributed by atoms with E-state index in [-0.39, 0.29) is 17.5 Å². The van der Waals surface area contributed by atoms with Gasteiger partial charge in [0.2, 0.25) is 0 Å². The number of rotatable bonds is 9. The Balaban J connectivity index is 1.71. The first kappa shape index (κ1) is 26.8. The van der Waals surface area contributed by atoms with Crippen molar-refractivity contribution in [3.05, 3.63) is 94.0 Å². The van der Waals surface area contributed by atoms with Crippen LogP contribution in [0.5, 0.6) is 11.5 Å². The maximum Gasteiger partial charge on any atom is 0.416 e. The van der Waals surface area contributed by atoms with E-state index in [1.165, 1.54) is 13.0 Å². The molecule has 0 fully saturated rings. The molecule has 0 spiro atoms. The molecule has 1 atom stereocenters. The Morgan fingerprint density at radius 1 is 1.00 bits per heavy atom. The van der Waals surface area contributed by atoms with E-state index in [2.05, 4.69) is 5.32 Å². The molecule has 0 heterocycles. The molecule has 3 aromatic carbocycles. The zero-order chi connectivity index (χ0) is 26.5. The van der Waals surface area contributed by atoms with Gasteiger partial charge in [0.15, 0.2) is 0 Å². The number of aryl methyl sites for hydroxylation is 3. The SMILES string of the molecule is CCc1cc(Oc2cccc(C(C)NC(=O)c3ccc(C(F)(F)F)cc3C)c2)ccc1CCC(=O)O. The monoisotopic (exact) mass is 499 g/mol. The van der Waals surface area contributed by atoms with E-state index < -0.39 is 29.7 Å². The number of ether oxygens (including phenoxy) is 1. The zero-order valence-electron chi connectivity index (χ0n) is 20.3. The van der Waals surface area contributed by atoms with E-state index in [1.807, 2.05) is 25.1 Å². The second-order valence-electron chi connectivity index (χ2n) is 8.57. The van der Waals surface area contributed by atoms with Crippen molar-refractivity contribution in [3.63, 3.8) is 0 Å². The van der Waals surface area contributed by atoms with Gasteiger partial charge in [0.1, 0.15) is 11.5 Å². The fourth-order valence-corrected chi connectivity index (χ4v) is 3.92. The van der Waals surface area contributed by atoms with Crippen molar-refractivity contribution in [1.29, 1.82) is 0 Å². The van der Waals surface area contributed by atoms with Crippen LogP contribution in [0.3, 0.4) is 0 Å². The minimum Gasteiger partial charge on any atom is -0.481 e. The van der Waals surface area contributed by atoms with Crippen molar-refractivity contribution in [3.8, 4) is 11.5 Å². The molecule has 0 aliphatic rings. The summed E-state index contributed by atoms with van der Waals surface area (Å²) in [6.45, 7) is 5.25. The topological polar surface area (TPSA) is 75.6 Å². The van der Waals surface area contributed by atoms with Gasteiger partial charge >= 0.3 is 12.1 Å². The van der Waals surface area contributed by atoms with Crippen LogP contribution in [0.15, 0.2) is 60.7 Å². The van der Waals surface area contributed by atoms with Crippen molar-refractivity contribution in [2.24, 2.45) is 0 Å².